The highest BCUT2D eigenvalue weighted by Gasteiger charge is 2.17. The van der Waals surface area contributed by atoms with Gasteiger partial charge in [-0.3, -0.25) is 4.98 Å². The van der Waals surface area contributed by atoms with Gasteiger partial charge in [0.25, 0.3) is 0 Å². The molecule has 0 aliphatic heterocycles. The maximum atomic E-state index is 5.38. The van der Waals surface area contributed by atoms with Crippen LogP contribution < -0.4 is 0 Å². The minimum Gasteiger partial charge on any atom is -0.308 e. The van der Waals surface area contributed by atoms with Crippen molar-refractivity contribution in [2.45, 2.75) is 0 Å². The van der Waals surface area contributed by atoms with Crippen molar-refractivity contribution >= 4 is 54.3 Å². The number of nitrogens with zero attached hydrogens (tertiary/aromatic N) is 3. The van der Waals surface area contributed by atoms with Gasteiger partial charge in [-0.1, -0.05) is 127 Å². The second-order valence-corrected chi connectivity index (χ2v) is 12.6. The number of rotatable bonds is 4. The Morgan fingerprint density at radius 3 is 1.73 bits per heavy atom. The summed E-state index contributed by atoms with van der Waals surface area (Å²) < 4.78 is 2.31. The average molecular weight is 624 g/mol. The van der Waals surface area contributed by atoms with Gasteiger partial charge in [-0.25, -0.2) is 4.98 Å². The van der Waals surface area contributed by atoms with E-state index in [1.807, 2.05) is 18.3 Å². The van der Waals surface area contributed by atoms with Crippen molar-refractivity contribution in [3.8, 4) is 39.3 Å². The second kappa shape index (κ2) is 11.0. The Morgan fingerprint density at radius 2 is 1.04 bits per heavy atom. The van der Waals surface area contributed by atoms with E-state index in [2.05, 4.69) is 167 Å². The SMILES string of the molecule is c1ccc(-c2cc3ccccc3n2-c2ccc(-c3cccc(-c4c5ccc6ccccc6c5nc5c4ccc4ccccc45)c3)cc2)nc1. The Balaban J connectivity index is 1.14. The summed E-state index contributed by atoms with van der Waals surface area (Å²) in [5, 5.41) is 8.26. The molecule has 0 atom stereocenters. The maximum Gasteiger partial charge on any atom is 0.0870 e. The summed E-state index contributed by atoms with van der Waals surface area (Å²) in [5.41, 5.74) is 11.1. The maximum absolute atomic E-state index is 5.38. The van der Waals surface area contributed by atoms with Crippen LogP contribution in [0.2, 0.25) is 0 Å². The molecule has 0 aliphatic rings. The molecule has 0 amide bonds. The number of benzene rings is 7. The molecule has 228 valence electrons. The van der Waals surface area contributed by atoms with E-state index in [1.54, 1.807) is 0 Å². The van der Waals surface area contributed by atoms with Crippen LogP contribution in [-0.4, -0.2) is 14.5 Å². The lowest BCUT2D eigenvalue weighted by Crippen LogP contribution is -1.97. The van der Waals surface area contributed by atoms with Gasteiger partial charge in [0, 0.05) is 44.4 Å². The highest BCUT2D eigenvalue weighted by Crippen LogP contribution is 2.41. The summed E-state index contributed by atoms with van der Waals surface area (Å²) in [6.45, 7) is 0. The van der Waals surface area contributed by atoms with Crippen LogP contribution in [0.25, 0.3) is 93.6 Å². The van der Waals surface area contributed by atoms with E-state index in [4.69, 9.17) is 4.98 Å². The lowest BCUT2D eigenvalue weighted by molar-refractivity contribution is 1.11. The van der Waals surface area contributed by atoms with Crippen LogP contribution in [0.1, 0.15) is 0 Å². The van der Waals surface area contributed by atoms with Crippen LogP contribution >= 0.6 is 0 Å². The number of para-hydroxylation sites is 1. The van der Waals surface area contributed by atoms with E-state index < -0.39 is 0 Å². The molecule has 49 heavy (non-hydrogen) atoms. The first kappa shape index (κ1) is 27.5. The fourth-order valence-corrected chi connectivity index (χ4v) is 7.52. The first-order chi connectivity index (χ1) is 24.3. The fraction of sp³-hybridized carbons (Fsp3) is 0. The lowest BCUT2D eigenvalue weighted by Gasteiger charge is -2.16. The van der Waals surface area contributed by atoms with Crippen molar-refractivity contribution < 1.29 is 0 Å². The third kappa shape index (κ3) is 4.44. The highest BCUT2D eigenvalue weighted by atomic mass is 15.0. The van der Waals surface area contributed by atoms with Crippen molar-refractivity contribution in [3.05, 3.63) is 176 Å². The molecule has 10 aromatic rings. The molecule has 0 aliphatic carbocycles. The number of fused-ring (bicyclic) bond motifs is 7. The zero-order valence-corrected chi connectivity index (χ0v) is 26.6. The van der Waals surface area contributed by atoms with Crippen LogP contribution in [0.15, 0.2) is 176 Å². The molecule has 0 spiro atoms. The molecule has 0 unspecified atom stereocenters. The molecule has 0 saturated heterocycles. The zero-order valence-electron chi connectivity index (χ0n) is 26.6. The standard InChI is InChI=1S/C46H29N3/c1-4-15-37-31(10-1)21-25-39-44(40-26-22-32-11-2-5-16-38(32)46(40)48-45(37)39)35-14-9-13-33(28-35)30-19-23-36(24-20-30)49-42-18-6-3-12-34(42)29-43(49)41-17-7-8-27-47-41/h1-29H. The Morgan fingerprint density at radius 1 is 0.408 bits per heavy atom. The van der Waals surface area contributed by atoms with Gasteiger partial charge in [0.05, 0.1) is 27.9 Å². The number of aromatic nitrogens is 3. The molecule has 0 bridgehead atoms. The molecule has 3 aromatic heterocycles. The molecule has 10 rings (SSSR count). The van der Waals surface area contributed by atoms with E-state index in [9.17, 15) is 0 Å². The molecule has 0 fully saturated rings. The molecule has 0 saturated carbocycles. The summed E-state index contributed by atoms with van der Waals surface area (Å²) in [4.78, 5) is 10.1. The topological polar surface area (TPSA) is 30.7 Å². The molecule has 0 radical (unpaired) electrons. The van der Waals surface area contributed by atoms with Gasteiger partial charge < -0.3 is 4.57 Å². The summed E-state index contributed by atoms with van der Waals surface area (Å²) in [7, 11) is 0. The van der Waals surface area contributed by atoms with Crippen molar-refractivity contribution in [3.63, 3.8) is 0 Å². The highest BCUT2D eigenvalue weighted by molar-refractivity contribution is 6.21. The van der Waals surface area contributed by atoms with E-state index in [1.165, 1.54) is 49.2 Å². The van der Waals surface area contributed by atoms with E-state index in [-0.39, 0.29) is 0 Å². The Hall–Kier alpha value is -6.58. The van der Waals surface area contributed by atoms with Crippen LogP contribution in [0, 0.1) is 0 Å². The van der Waals surface area contributed by atoms with Gasteiger partial charge in [0.2, 0.25) is 0 Å². The van der Waals surface area contributed by atoms with Crippen molar-refractivity contribution in [2.75, 3.05) is 0 Å². The third-order valence-electron chi connectivity index (χ3n) is 9.81. The molecular weight excluding hydrogens is 595 g/mol. The smallest absolute Gasteiger partial charge is 0.0870 e. The second-order valence-electron chi connectivity index (χ2n) is 12.6. The minimum atomic E-state index is 0.952. The van der Waals surface area contributed by atoms with Gasteiger partial charge in [-0.2, -0.15) is 0 Å². The summed E-state index contributed by atoms with van der Waals surface area (Å²) in [5.74, 6) is 0. The molecule has 3 nitrogen and oxygen atoms in total. The summed E-state index contributed by atoms with van der Waals surface area (Å²) in [6.07, 6.45) is 1.85. The van der Waals surface area contributed by atoms with Crippen molar-refractivity contribution in [1.29, 1.82) is 0 Å². The van der Waals surface area contributed by atoms with Gasteiger partial charge in [0.15, 0.2) is 0 Å². The number of hydrogen-bond acceptors (Lipinski definition) is 2. The van der Waals surface area contributed by atoms with Crippen LogP contribution in [-0.2, 0) is 0 Å². The molecular formula is C46H29N3. The Kier molecular flexibility index (Phi) is 6.18. The number of hydrogen-bond donors (Lipinski definition) is 0. The van der Waals surface area contributed by atoms with Gasteiger partial charge in [0.1, 0.15) is 0 Å². The lowest BCUT2D eigenvalue weighted by atomic mass is 9.91. The molecule has 3 heteroatoms. The Labute approximate surface area is 283 Å². The zero-order chi connectivity index (χ0) is 32.3. The molecule has 0 N–H and O–H groups in total. The van der Waals surface area contributed by atoms with Crippen molar-refractivity contribution in [2.24, 2.45) is 0 Å². The van der Waals surface area contributed by atoms with Crippen LogP contribution in [0.3, 0.4) is 0 Å². The first-order valence-electron chi connectivity index (χ1n) is 16.7. The van der Waals surface area contributed by atoms with Gasteiger partial charge >= 0.3 is 0 Å². The quantitative estimate of drug-likeness (QED) is 0.144. The van der Waals surface area contributed by atoms with Crippen molar-refractivity contribution in [1.82, 2.24) is 14.5 Å². The predicted molar refractivity (Wildman–Crippen MR) is 205 cm³/mol. The first-order valence-corrected chi connectivity index (χ1v) is 16.7. The van der Waals surface area contributed by atoms with Gasteiger partial charge in [-0.15, -0.1) is 0 Å². The summed E-state index contributed by atoms with van der Waals surface area (Å²) >= 11 is 0. The predicted octanol–water partition coefficient (Wildman–Crippen LogP) is 12.0. The minimum absolute atomic E-state index is 0.952. The Bertz CT molecular complexity index is 2770. The number of pyridine rings is 2. The molecule has 7 aromatic carbocycles. The van der Waals surface area contributed by atoms with E-state index >= 15 is 0 Å². The monoisotopic (exact) mass is 623 g/mol. The van der Waals surface area contributed by atoms with Crippen LogP contribution in [0.5, 0.6) is 0 Å². The summed E-state index contributed by atoms with van der Waals surface area (Å²) in [6, 6.07) is 60.8. The normalized spacial score (nSPS) is 11.7. The van der Waals surface area contributed by atoms with E-state index in [0.29, 0.717) is 0 Å². The molecule has 3 heterocycles. The largest absolute Gasteiger partial charge is 0.308 e. The van der Waals surface area contributed by atoms with E-state index in [0.717, 1.165) is 44.4 Å². The third-order valence-corrected chi connectivity index (χ3v) is 9.81. The van der Waals surface area contributed by atoms with Crippen LogP contribution in [0.4, 0.5) is 0 Å². The average Bonchev–Trinajstić information content (AvgIpc) is 3.57. The fourth-order valence-electron chi connectivity index (χ4n) is 7.52. The van der Waals surface area contributed by atoms with Gasteiger partial charge in [-0.05, 0) is 69.9 Å².